The van der Waals surface area contributed by atoms with Crippen LogP contribution in [0.3, 0.4) is 0 Å². The molecule has 1 fully saturated rings. The molecular weight excluding hydrogens is 214 g/mol. The number of methoxy groups -OCH3 is 1. The maximum Gasteiger partial charge on any atom is 0.137 e. The number of ether oxygens (including phenoxy) is 1. The molecule has 1 aliphatic rings. The monoisotopic (exact) mass is 235 g/mol. The van der Waals surface area contributed by atoms with Crippen LogP contribution in [0.5, 0.6) is 5.75 Å². The van der Waals surface area contributed by atoms with Gasteiger partial charge in [-0.05, 0) is 37.8 Å². The van der Waals surface area contributed by atoms with Gasteiger partial charge in [-0.15, -0.1) is 0 Å². The predicted octanol–water partition coefficient (Wildman–Crippen LogP) is 1.80. The van der Waals surface area contributed by atoms with Crippen LogP contribution in [0.15, 0.2) is 18.3 Å². The lowest BCUT2D eigenvalue weighted by Crippen LogP contribution is -2.39. The van der Waals surface area contributed by atoms with E-state index in [4.69, 9.17) is 10.5 Å². The third-order valence-electron chi connectivity index (χ3n) is 3.61. The lowest BCUT2D eigenvalue weighted by atomic mass is 9.91. The molecule has 4 heteroatoms. The number of aromatic nitrogens is 1. The van der Waals surface area contributed by atoms with Crippen molar-refractivity contribution in [2.24, 2.45) is 5.73 Å². The first kappa shape index (κ1) is 12.2. The van der Waals surface area contributed by atoms with E-state index in [1.807, 2.05) is 12.1 Å². The summed E-state index contributed by atoms with van der Waals surface area (Å²) in [7, 11) is 3.76. The number of hydrogen-bond donors (Lipinski definition) is 1. The molecule has 1 saturated carbocycles. The van der Waals surface area contributed by atoms with Crippen molar-refractivity contribution in [1.29, 1.82) is 0 Å². The lowest BCUT2D eigenvalue weighted by molar-refractivity contribution is 0.383. The summed E-state index contributed by atoms with van der Waals surface area (Å²) >= 11 is 0. The fraction of sp³-hybridized carbons (Fsp3) is 0.615. The third kappa shape index (κ3) is 2.88. The first-order chi connectivity index (χ1) is 8.20. The van der Waals surface area contributed by atoms with E-state index >= 15 is 0 Å². The Morgan fingerprint density at radius 3 is 2.53 bits per heavy atom. The van der Waals surface area contributed by atoms with Crippen LogP contribution in [0.4, 0.5) is 5.82 Å². The summed E-state index contributed by atoms with van der Waals surface area (Å²) in [4.78, 5) is 6.67. The van der Waals surface area contributed by atoms with Crippen LogP contribution in [0.2, 0.25) is 0 Å². The molecule has 0 radical (unpaired) electrons. The minimum Gasteiger partial charge on any atom is -0.495 e. The maximum absolute atomic E-state index is 5.92. The number of nitrogens with two attached hydrogens (primary N) is 1. The summed E-state index contributed by atoms with van der Waals surface area (Å²) in [5.41, 5.74) is 5.92. The van der Waals surface area contributed by atoms with Crippen LogP contribution in [-0.2, 0) is 0 Å². The van der Waals surface area contributed by atoms with E-state index in [9.17, 15) is 0 Å². The van der Waals surface area contributed by atoms with Crippen molar-refractivity contribution in [1.82, 2.24) is 4.98 Å². The molecule has 17 heavy (non-hydrogen) atoms. The molecule has 0 amide bonds. The van der Waals surface area contributed by atoms with Gasteiger partial charge in [0.15, 0.2) is 0 Å². The largest absolute Gasteiger partial charge is 0.495 e. The molecule has 1 aromatic heterocycles. The van der Waals surface area contributed by atoms with E-state index < -0.39 is 0 Å². The standard InChI is InChI=1S/C13H21N3O/c1-16(11-5-3-10(14)4-6-11)13-8-7-12(17-2)9-15-13/h7-11H,3-6,14H2,1-2H3. The zero-order valence-electron chi connectivity index (χ0n) is 10.6. The van der Waals surface area contributed by atoms with Gasteiger partial charge in [-0.2, -0.15) is 0 Å². The van der Waals surface area contributed by atoms with Gasteiger partial charge in [0.25, 0.3) is 0 Å². The van der Waals surface area contributed by atoms with Crippen molar-refractivity contribution in [2.45, 2.75) is 37.8 Å². The second-order valence-electron chi connectivity index (χ2n) is 4.74. The average Bonchev–Trinajstić information content (AvgIpc) is 2.39. The minimum absolute atomic E-state index is 0.392. The Kier molecular flexibility index (Phi) is 3.84. The second-order valence-corrected chi connectivity index (χ2v) is 4.74. The van der Waals surface area contributed by atoms with E-state index in [0.29, 0.717) is 12.1 Å². The van der Waals surface area contributed by atoms with Gasteiger partial charge < -0.3 is 15.4 Å². The van der Waals surface area contributed by atoms with E-state index in [1.165, 1.54) is 0 Å². The quantitative estimate of drug-likeness (QED) is 0.868. The fourth-order valence-electron chi connectivity index (χ4n) is 2.38. The van der Waals surface area contributed by atoms with Crippen molar-refractivity contribution in [3.63, 3.8) is 0 Å². The van der Waals surface area contributed by atoms with Crippen LogP contribution >= 0.6 is 0 Å². The molecule has 2 N–H and O–H groups in total. The van der Waals surface area contributed by atoms with E-state index in [2.05, 4.69) is 16.9 Å². The highest BCUT2D eigenvalue weighted by Crippen LogP contribution is 2.25. The van der Waals surface area contributed by atoms with E-state index in [1.54, 1.807) is 13.3 Å². The lowest BCUT2D eigenvalue weighted by Gasteiger charge is -2.34. The normalized spacial score (nSPS) is 24.4. The number of nitrogens with zero attached hydrogens (tertiary/aromatic N) is 2. The Hall–Kier alpha value is -1.29. The molecule has 1 aliphatic carbocycles. The molecule has 1 heterocycles. The van der Waals surface area contributed by atoms with Gasteiger partial charge in [-0.25, -0.2) is 4.98 Å². The fourth-order valence-corrected chi connectivity index (χ4v) is 2.38. The highest BCUT2D eigenvalue weighted by molar-refractivity contribution is 5.41. The highest BCUT2D eigenvalue weighted by Gasteiger charge is 2.22. The summed E-state index contributed by atoms with van der Waals surface area (Å²) < 4.78 is 5.11. The van der Waals surface area contributed by atoms with Gasteiger partial charge in [0, 0.05) is 19.1 Å². The molecule has 0 bridgehead atoms. The van der Waals surface area contributed by atoms with Crippen LogP contribution in [-0.4, -0.2) is 31.2 Å². The predicted molar refractivity (Wildman–Crippen MR) is 69.4 cm³/mol. The zero-order valence-corrected chi connectivity index (χ0v) is 10.6. The third-order valence-corrected chi connectivity index (χ3v) is 3.61. The molecule has 0 aliphatic heterocycles. The molecule has 1 aromatic rings. The van der Waals surface area contributed by atoms with Gasteiger partial charge in [0.1, 0.15) is 11.6 Å². The summed E-state index contributed by atoms with van der Waals surface area (Å²) in [5, 5.41) is 0. The number of rotatable bonds is 3. The Labute approximate surface area is 103 Å². The Morgan fingerprint density at radius 1 is 1.29 bits per heavy atom. The topological polar surface area (TPSA) is 51.4 Å². The van der Waals surface area contributed by atoms with Crippen molar-refractivity contribution >= 4 is 5.82 Å². The van der Waals surface area contributed by atoms with Crippen molar-refractivity contribution in [3.8, 4) is 5.75 Å². The molecule has 2 rings (SSSR count). The van der Waals surface area contributed by atoms with Crippen molar-refractivity contribution in [2.75, 3.05) is 19.1 Å². The first-order valence-electron chi connectivity index (χ1n) is 6.19. The van der Waals surface area contributed by atoms with Crippen LogP contribution in [0.1, 0.15) is 25.7 Å². The number of hydrogen-bond acceptors (Lipinski definition) is 4. The SMILES string of the molecule is COc1ccc(N(C)C2CCC(N)CC2)nc1. The maximum atomic E-state index is 5.92. The number of pyridine rings is 1. The molecular formula is C13H21N3O. The molecule has 0 atom stereocenters. The molecule has 0 unspecified atom stereocenters. The van der Waals surface area contributed by atoms with Crippen LogP contribution < -0.4 is 15.4 Å². The van der Waals surface area contributed by atoms with Gasteiger partial charge >= 0.3 is 0 Å². The molecule has 0 spiro atoms. The highest BCUT2D eigenvalue weighted by atomic mass is 16.5. The Morgan fingerprint density at radius 2 is 2.00 bits per heavy atom. The Bertz CT molecular complexity index is 344. The Balaban J connectivity index is 2.00. The summed E-state index contributed by atoms with van der Waals surface area (Å²) in [6.07, 6.45) is 6.31. The minimum atomic E-state index is 0.392. The van der Waals surface area contributed by atoms with Crippen LogP contribution in [0, 0.1) is 0 Å². The molecule has 4 nitrogen and oxygen atoms in total. The molecule has 0 saturated heterocycles. The summed E-state index contributed by atoms with van der Waals surface area (Å²) in [6.45, 7) is 0. The van der Waals surface area contributed by atoms with Crippen LogP contribution in [0.25, 0.3) is 0 Å². The average molecular weight is 235 g/mol. The van der Waals surface area contributed by atoms with Gasteiger partial charge in [0.2, 0.25) is 0 Å². The van der Waals surface area contributed by atoms with E-state index in [-0.39, 0.29) is 0 Å². The van der Waals surface area contributed by atoms with Gasteiger partial charge in [-0.1, -0.05) is 0 Å². The van der Waals surface area contributed by atoms with E-state index in [0.717, 1.165) is 37.3 Å². The summed E-state index contributed by atoms with van der Waals surface area (Å²) in [6, 6.07) is 4.92. The summed E-state index contributed by atoms with van der Waals surface area (Å²) in [5.74, 6) is 1.80. The first-order valence-corrected chi connectivity index (χ1v) is 6.19. The van der Waals surface area contributed by atoms with Gasteiger partial charge in [-0.3, -0.25) is 0 Å². The smallest absolute Gasteiger partial charge is 0.137 e. The van der Waals surface area contributed by atoms with Crippen molar-refractivity contribution in [3.05, 3.63) is 18.3 Å². The van der Waals surface area contributed by atoms with Crippen molar-refractivity contribution < 1.29 is 4.74 Å². The zero-order chi connectivity index (χ0) is 12.3. The molecule has 0 aromatic carbocycles. The number of anilines is 1. The second kappa shape index (κ2) is 5.36. The molecule has 94 valence electrons. The van der Waals surface area contributed by atoms with Gasteiger partial charge in [0.05, 0.1) is 13.3 Å².